The van der Waals surface area contributed by atoms with Crippen LogP contribution < -0.4 is 10.2 Å². The lowest BCUT2D eigenvalue weighted by molar-refractivity contribution is -0.137. The quantitative estimate of drug-likeness (QED) is 0.486. The molecule has 4 rings (SSSR count). The number of alkyl halides is 3. The predicted molar refractivity (Wildman–Crippen MR) is 113 cm³/mol. The Hall–Kier alpha value is -3.13. The molecule has 5 nitrogen and oxygen atoms in total. The molecule has 2 aromatic carbocycles. The fourth-order valence-electron chi connectivity index (χ4n) is 4.07. The Kier molecular flexibility index (Phi) is 5.58. The van der Waals surface area contributed by atoms with Gasteiger partial charge in [-0.15, -0.1) is 0 Å². The van der Waals surface area contributed by atoms with Gasteiger partial charge in [0.2, 0.25) is 11.8 Å². The van der Waals surface area contributed by atoms with Crippen molar-refractivity contribution in [2.24, 2.45) is 11.8 Å². The zero-order valence-electron chi connectivity index (χ0n) is 16.9. The van der Waals surface area contributed by atoms with Crippen LogP contribution in [0.3, 0.4) is 0 Å². The van der Waals surface area contributed by atoms with Gasteiger partial charge in [-0.25, -0.2) is 0 Å². The molecule has 9 heteroatoms. The Bertz CT molecular complexity index is 1160. The molecule has 1 aliphatic heterocycles. The molecule has 2 aliphatic rings. The highest BCUT2D eigenvalue weighted by Gasteiger charge is 2.48. The Morgan fingerprint density at radius 2 is 1.81 bits per heavy atom. The topological polar surface area (TPSA) is 66.5 Å². The van der Waals surface area contributed by atoms with Gasteiger partial charge < -0.3 is 5.32 Å². The molecule has 1 N–H and O–H groups in total. The van der Waals surface area contributed by atoms with Crippen LogP contribution in [-0.2, 0) is 15.8 Å². The highest BCUT2D eigenvalue weighted by atomic mass is 35.5. The number of halogens is 4. The monoisotopic (exact) mass is 462 g/mol. The molecule has 0 aromatic heterocycles. The van der Waals surface area contributed by atoms with Gasteiger partial charge in [0, 0.05) is 5.56 Å². The average molecular weight is 463 g/mol. The van der Waals surface area contributed by atoms with Crippen molar-refractivity contribution in [2.75, 3.05) is 10.2 Å². The van der Waals surface area contributed by atoms with E-state index in [0.717, 1.165) is 28.7 Å². The van der Waals surface area contributed by atoms with Crippen LogP contribution in [0.2, 0.25) is 5.02 Å². The van der Waals surface area contributed by atoms with Crippen molar-refractivity contribution in [3.8, 4) is 0 Å². The number of hydrogen-bond donors (Lipinski definition) is 1. The molecule has 1 saturated heterocycles. The molecule has 3 amide bonds. The number of amides is 3. The fourth-order valence-corrected chi connectivity index (χ4v) is 4.23. The van der Waals surface area contributed by atoms with Gasteiger partial charge in [0.25, 0.3) is 5.91 Å². The minimum Gasteiger partial charge on any atom is -0.321 e. The van der Waals surface area contributed by atoms with E-state index in [0.29, 0.717) is 12.8 Å². The number of carbonyl (C=O) groups excluding carboxylic acids is 3. The summed E-state index contributed by atoms with van der Waals surface area (Å²) in [4.78, 5) is 39.6. The first-order valence-electron chi connectivity index (χ1n) is 9.88. The first-order valence-corrected chi connectivity index (χ1v) is 10.3. The number of allylic oxidation sites excluding steroid dienone is 2. The molecule has 1 fully saturated rings. The normalized spacial score (nSPS) is 20.8. The van der Waals surface area contributed by atoms with Gasteiger partial charge in [0.1, 0.15) is 0 Å². The molecule has 0 spiro atoms. The molecule has 0 bridgehead atoms. The molecular weight excluding hydrogens is 445 g/mol. The maximum atomic E-state index is 13.0. The van der Waals surface area contributed by atoms with E-state index >= 15 is 0 Å². The summed E-state index contributed by atoms with van der Waals surface area (Å²) in [6, 6.07) is 8.46. The third-order valence-corrected chi connectivity index (χ3v) is 6.06. The van der Waals surface area contributed by atoms with Crippen molar-refractivity contribution in [1.82, 2.24) is 0 Å². The van der Waals surface area contributed by atoms with E-state index in [-0.39, 0.29) is 33.8 Å². The van der Waals surface area contributed by atoms with E-state index in [1.165, 1.54) is 18.2 Å². The van der Waals surface area contributed by atoms with Crippen molar-refractivity contribution in [3.05, 3.63) is 70.3 Å². The molecular formula is C23H18ClF3N2O3. The summed E-state index contributed by atoms with van der Waals surface area (Å²) in [7, 11) is 0. The summed E-state index contributed by atoms with van der Waals surface area (Å²) >= 11 is 5.95. The summed E-state index contributed by atoms with van der Waals surface area (Å²) in [5.41, 5.74) is 0.222. The van der Waals surface area contributed by atoms with Crippen LogP contribution in [0.25, 0.3) is 0 Å². The smallest absolute Gasteiger partial charge is 0.321 e. The summed E-state index contributed by atoms with van der Waals surface area (Å²) in [6.07, 6.45) is -1.63. The molecule has 32 heavy (non-hydrogen) atoms. The summed E-state index contributed by atoms with van der Waals surface area (Å²) < 4.78 is 38.9. The summed E-state index contributed by atoms with van der Waals surface area (Å²) in [6.45, 7) is 1.92. The van der Waals surface area contributed by atoms with Crippen LogP contribution in [0.4, 0.5) is 24.5 Å². The number of imide groups is 1. The number of anilines is 2. The van der Waals surface area contributed by atoms with Crippen LogP contribution in [0.1, 0.15) is 35.7 Å². The Morgan fingerprint density at radius 1 is 1.09 bits per heavy atom. The molecule has 1 heterocycles. The second kappa shape index (κ2) is 8.09. The Balaban J connectivity index is 1.58. The Labute approximate surface area is 186 Å². The van der Waals surface area contributed by atoms with Crippen LogP contribution in [-0.4, -0.2) is 17.7 Å². The lowest BCUT2D eigenvalue weighted by Crippen LogP contribution is -2.31. The maximum absolute atomic E-state index is 13.0. The third-order valence-electron chi connectivity index (χ3n) is 5.73. The zero-order chi connectivity index (χ0) is 23.2. The van der Waals surface area contributed by atoms with Crippen LogP contribution in [0.15, 0.2) is 54.1 Å². The lowest BCUT2D eigenvalue weighted by atomic mass is 9.82. The summed E-state index contributed by atoms with van der Waals surface area (Å²) in [5, 5.41) is 2.31. The molecule has 2 atom stereocenters. The van der Waals surface area contributed by atoms with Crippen molar-refractivity contribution in [1.29, 1.82) is 0 Å². The van der Waals surface area contributed by atoms with Gasteiger partial charge in [-0.2, -0.15) is 13.2 Å². The van der Waals surface area contributed by atoms with Crippen molar-refractivity contribution in [2.45, 2.75) is 25.9 Å². The van der Waals surface area contributed by atoms with E-state index < -0.39 is 29.5 Å². The fraction of sp³-hybridized carbons (Fsp3) is 0.261. The number of nitrogens with one attached hydrogen (secondary N) is 1. The molecule has 0 unspecified atom stereocenters. The average Bonchev–Trinajstić information content (AvgIpc) is 2.98. The van der Waals surface area contributed by atoms with E-state index in [1.54, 1.807) is 6.07 Å². The van der Waals surface area contributed by atoms with Crippen molar-refractivity contribution >= 4 is 40.7 Å². The number of nitrogens with zero attached hydrogens (tertiary/aromatic N) is 1. The van der Waals surface area contributed by atoms with Crippen LogP contribution in [0.5, 0.6) is 0 Å². The SMILES string of the molecule is CC1=CC[C@@H]2C(=O)N(c3cccc(C(=O)Nc4cc(C(F)(F)F)ccc4Cl)c3)C(=O)[C@H]2C1. The zero-order valence-corrected chi connectivity index (χ0v) is 17.6. The van der Waals surface area contributed by atoms with Crippen molar-refractivity contribution in [3.63, 3.8) is 0 Å². The first-order chi connectivity index (χ1) is 15.1. The molecule has 166 valence electrons. The van der Waals surface area contributed by atoms with Gasteiger partial charge in [-0.3, -0.25) is 19.3 Å². The standard InChI is InChI=1S/C23H18ClF3N2O3/c1-12-5-7-16-17(9-12)22(32)29(21(16)31)15-4-2-3-13(10-15)20(30)28-19-11-14(23(25,26)27)6-8-18(19)24/h2-6,8,10-11,16-17H,7,9H2,1H3,(H,28,30)/t16-,17-/m0/s1. The lowest BCUT2D eigenvalue weighted by Gasteiger charge is -2.18. The number of hydrogen-bond acceptors (Lipinski definition) is 3. The number of benzene rings is 2. The largest absolute Gasteiger partial charge is 0.416 e. The highest BCUT2D eigenvalue weighted by Crippen LogP contribution is 2.40. The molecule has 2 aromatic rings. The first kappa shape index (κ1) is 22.1. The number of carbonyl (C=O) groups is 3. The second-order valence-corrected chi connectivity index (χ2v) is 8.32. The third kappa shape index (κ3) is 4.02. The molecule has 1 aliphatic carbocycles. The molecule has 0 radical (unpaired) electrons. The van der Waals surface area contributed by atoms with E-state index in [2.05, 4.69) is 5.32 Å². The van der Waals surface area contributed by atoms with Crippen LogP contribution >= 0.6 is 11.6 Å². The second-order valence-electron chi connectivity index (χ2n) is 7.91. The number of rotatable bonds is 3. The highest BCUT2D eigenvalue weighted by molar-refractivity contribution is 6.34. The predicted octanol–water partition coefficient (Wildman–Crippen LogP) is 5.46. The van der Waals surface area contributed by atoms with Crippen molar-refractivity contribution < 1.29 is 27.6 Å². The summed E-state index contributed by atoms with van der Waals surface area (Å²) in [5.74, 6) is -2.20. The van der Waals surface area contributed by atoms with E-state index in [1.807, 2.05) is 13.0 Å². The van der Waals surface area contributed by atoms with Gasteiger partial charge in [-0.05, 0) is 56.2 Å². The minimum absolute atomic E-state index is 0.0562. The molecule has 0 saturated carbocycles. The maximum Gasteiger partial charge on any atom is 0.416 e. The van der Waals surface area contributed by atoms with E-state index in [9.17, 15) is 27.6 Å². The number of fused-ring (bicyclic) bond motifs is 1. The van der Waals surface area contributed by atoms with Gasteiger partial charge in [0.15, 0.2) is 0 Å². The van der Waals surface area contributed by atoms with Gasteiger partial charge >= 0.3 is 6.18 Å². The Morgan fingerprint density at radius 3 is 2.53 bits per heavy atom. The van der Waals surface area contributed by atoms with Gasteiger partial charge in [0.05, 0.1) is 33.8 Å². The minimum atomic E-state index is -4.59. The van der Waals surface area contributed by atoms with Crippen LogP contribution in [0, 0.1) is 11.8 Å². The van der Waals surface area contributed by atoms with E-state index in [4.69, 9.17) is 11.6 Å². The van der Waals surface area contributed by atoms with Gasteiger partial charge in [-0.1, -0.05) is 29.3 Å².